The molecule has 0 unspecified atom stereocenters. The Bertz CT molecular complexity index is 639. The van der Waals surface area contributed by atoms with E-state index in [0.29, 0.717) is 5.56 Å². The summed E-state index contributed by atoms with van der Waals surface area (Å²) in [6.45, 7) is -0.0859. The first-order valence-electron chi connectivity index (χ1n) is 4.96. The Morgan fingerprint density at radius 1 is 1.17 bits per heavy atom. The first-order chi connectivity index (χ1) is 8.49. The van der Waals surface area contributed by atoms with Crippen molar-refractivity contribution in [3.8, 4) is 0 Å². The molecular formula is C11H9F2NO2S2. The van der Waals surface area contributed by atoms with E-state index in [4.69, 9.17) is 0 Å². The zero-order chi connectivity index (χ0) is 13.2. The normalized spacial score (nSPS) is 11.7. The Morgan fingerprint density at radius 3 is 2.56 bits per heavy atom. The van der Waals surface area contributed by atoms with Crippen molar-refractivity contribution in [2.45, 2.75) is 10.8 Å². The standard InChI is InChI=1S/C11H9F2NO2S2/c12-9-4-3-8(6-10(9)13)7-14-18(15,16)11-2-1-5-17-11/h1-6,14H,7H2. The van der Waals surface area contributed by atoms with Gasteiger partial charge in [-0.1, -0.05) is 12.1 Å². The summed E-state index contributed by atoms with van der Waals surface area (Å²) in [4.78, 5) is 0. The summed E-state index contributed by atoms with van der Waals surface area (Å²) in [5.41, 5.74) is 0.356. The van der Waals surface area contributed by atoms with E-state index >= 15 is 0 Å². The number of thiophene rings is 1. The van der Waals surface area contributed by atoms with Crippen LogP contribution in [0.4, 0.5) is 8.78 Å². The molecule has 18 heavy (non-hydrogen) atoms. The maximum absolute atomic E-state index is 12.9. The third-order valence-corrected chi connectivity index (χ3v) is 5.01. The van der Waals surface area contributed by atoms with E-state index in [1.807, 2.05) is 0 Å². The number of halogens is 2. The maximum Gasteiger partial charge on any atom is 0.250 e. The first-order valence-corrected chi connectivity index (χ1v) is 7.32. The van der Waals surface area contributed by atoms with Crippen molar-refractivity contribution in [1.82, 2.24) is 4.72 Å². The largest absolute Gasteiger partial charge is 0.250 e. The maximum atomic E-state index is 12.9. The van der Waals surface area contributed by atoms with Gasteiger partial charge >= 0.3 is 0 Å². The quantitative estimate of drug-likeness (QED) is 0.940. The average molecular weight is 289 g/mol. The van der Waals surface area contributed by atoms with Gasteiger partial charge in [0.1, 0.15) is 4.21 Å². The Labute approximate surface area is 107 Å². The molecular weight excluding hydrogens is 280 g/mol. The van der Waals surface area contributed by atoms with Crippen molar-refractivity contribution in [1.29, 1.82) is 0 Å². The van der Waals surface area contributed by atoms with Crippen LogP contribution in [0, 0.1) is 11.6 Å². The van der Waals surface area contributed by atoms with Gasteiger partial charge in [0.25, 0.3) is 0 Å². The smallest absolute Gasteiger partial charge is 0.206 e. The lowest BCUT2D eigenvalue weighted by molar-refractivity contribution is 0.506. The summed E-state index contributed by atoms with van der Waals surface area (Å²) in [5, 5.41) is 1.64. The molecule has 2 aromatic rings. The van der Waals surface area contributed by atoms with Crippen LogP contribution in [0.1, 0.15) is 5.56 Å². The zero-order valence-corrected chi connectivity index (χ0v) is 10.7. The zero-order valence-electron chi connectivity index (χ0n) is 9.06. The minimum atomic E-state index is -3.59. The molecule has 0 saturated heterocycles. The SMILES string of the molecule is O=S(=O)(NCc1ccc(F)c(F)c1)c1cccs1. The van der Waals surface area contributed by atoms with Gasteiger partial charge in [-0.15, -0.1) is 11.3 Å². The van der Waals surface area contributed by atoms with Crippen LogP contribution in [0.2, 0.25) is 0 Å². The Kier molecular flexibility index (Phi) is 3.74. The lowest BCUT2D eigenvalue weighted by Gasteiger charge is -2.05. The predicted octanol–water partition coefficient (Wildman–Crippen LogP) is 2.50. The summed E-state index contributed by atoms with van der Waals surface area (Å²) in [7, 11) is -3.59. The van der Waals surface area contributed by atoms with Crippen molar-refractivity contribution in [2.75, 3.05) is 0 Å². The van der Waals surface area contributed by atoms with Crippen molar-refractivity contribution in [2.24, 2.45) is 0 Å². The minimum Gasteiger partial charge on any atom is -0.206 e. The van der Waals surface area contributed by atoms with Gasteiger partial charge in [0, 0.05) is 6.54 Å². The Balaban J connectivity index is 2.10. The molecule has 0 atom stereocenters. The Morgan fingerprint density at radius 2 is 1.94 bits per heavy atom. The van der Waals surface area contributed by atoms with Crippen molar-refractivity contribution >= 4 is 21.4 Å². The van der Waals surface area contributed by atoms with Crippen molar-refractivity contribution in [3.63, 3.8) is 0 Å². The molecule has 1 aromatic heterocycles. The highest BCUT2D eigenvalue weighted by Crippen LogP contribution is 2.16. The van der Waals surface area contributed by atoms with Gasteiger partial charge in [-0.05, 0) is 29.1 Å². The second-order valence-electron chi connectivity index (χ2n) is 3.51. The summed E-state index contributed by atoms with van der Waals surface area (Å²) in [6.07, 6.45) is 0. The first kappa shape index (κ1) is 13.1. The molecule has 0 radical (unpaired) electrons. The molecule has 0 fully saturated rings. The molecule has 3 nitrogen and oxygen atoms in total. The predicted molar refractivity (Wildman–Crippen MR) is 64.7 cm³/mol. The summed E-state index contributed by atoms with van der Waals surface area (Å²) in [5.74, 6) is -1.96. The van der Waals surface area contributed by atoms with E-state index in [1.54, 1.807) is 11.4 Å². The fourth-order valence-corrected chi connectivity index (χ4v) is 3.37. The molecule has 1 heterocycles. The lowest BCUT2D eigenvalue weighted by atomic mass is 10.2. The van der Waals surface area contributed by atoms with Gasteiger partial charge in [-0.3, -0.25) is 0 Å². The van der Waals surface area contributed by atoms with Crippen LogP contribution < -0.4 is 4.72 Å². The van der Waals surface area contributed by atoms with Gasteiger partial charge < -0.3 is 0 Å². The molecule has 96 valence electrons. The minimum absolute atomic E-state index is 0.0859. The van der Waals surface area contributed by atoms with Crippen LogP contribution in [0.25, 0.3) is 0 Å². The van der Waals surface area contributed by atoms with E-state index in [2.05, 4.69) is 4.72 Å². The number of rotatable bonds is 4. The third-order valence-electron chi connectivity index (χ3n) is 2.21. The van der Waals surface area contributed by atoms with Gasteiger partial charge in [0.15, 0.2) is 11.6 Å². The third kappa shape index (κ3) is 2.92. The molecule has 0 amide bonds. The van der Waals surface area contributed by atoms with Gasteiger partial charge in [-0.25, -0.2) is 21.9 Å². The fraction of sp³-hybridized carbons (Fsp3) is 0.0909. The number of benzene rings is 1. The van der Waals surface area contributed by atoms with Crippen LogP contribution in [-0.2, 0) is 16.6 Å². The second-order valence-corrected chi connectivity index (χ2v) is 6.45. The van der Waals surface area contributed by atoms with Crippen LogP contribution in [0.15, 0.2) is 39.9 Å². The number of nitrogens with one attached hydrogen (secondary N) is 1. The highest BCUT2D eigenvalue weighted by Gasteiger charge is 2.14. The van der Waals surface area contributed by atoms with Crippen molar-refractivity contribution in [3.05, 3.63) is 52.9 Å². The van der Waals surface area contributed by atoms with Crippen LogP contribution in [0.3, 0.4) is 0 Å². The fourth-order valence-electron chi connectivity index (χ4n) is 1.32. The topological polar surface area (TPSA) is 46.2 Å². The number of hydrogen-bond acceptors (Lipinski definition) is 3. The summed E-state index contributed by atoms with van der Waals surface area (Å²) < 4.78 is 51.6. The highest BCUT2D eigenvalue weighted by molar-refractivity contribution is 7.91. The summed E-state index contributed by atoms with van der Waals surface area (Å²) in [6, 6.07) is 6.35. The van der Waals surface area contributed by atoms with Gasteiger partial charge in [0.05, 0.1) is 0 Å². The number of hydrogen-bond donors (Lipinski definition) is 1. The molecule has 0 aliphatic rings. The van der Waals surface area contributed by atoms with E-state index in [-0.39, 0.29) is 10.8 Å². The molecule has 2 rings (SSSR count). The lowest BCUT2D eigenvalue weighted by Crippen LogP contribution is -2.22. The van der Waals surface area contributed by atoms with Gasteiger partial charge in [0.2, 0.25) is 10.0 Å². The van der Waals surface area contributed by atoms with Gasteiger partial charge in [-0.2, -0.15) is 0 Å². The molecule has 0 aliphatic heterocycles. The molecule has 0 bridgehead atoms. The molecule has 0 saturated carbocycles. The van der Waals surface area contributed by atoms with E-state index in [9.17, 15) is 17.2 Å². The van der Waals surface area contributed by atoms with E-state index < -0.39 is 21.7 Å². The summed E-state index contributed by atoms with van der Waals surface area (Å²) >= 11 is 1.09. The highest BCUT2D eigenvalue weighted by atomic mass is 32.2. The Hall–Kier alpha value is -1.31. The van der Waals surface area contributed by atoms with E-state index in [1.165, 1.54) is 12.1 Å². The molecule has 7 heteroatoms. The van der Waals surface area contributed by atoms with Crippen molar-refractivity contribution < 1.29 is 17.2 Å². The average Bonchev–Trinajstić information content (AvgIpc) is 2.85. The monoisotopic (exact) mass is 289 g/mol. The van der Waals surface area contributed by atoms with Crippen LogP contribution in [-0.4, -0.2) is 8.42 Å². The van der Waals surface area contributed by atoms with Crippen LogP contribution in [0.5, 0.6) is 0 Å². The molecule has 0 spiro atoms. The molecule has 1 N–H and O–H groups in total. The molecule has 0 aliphatic carbocycles. The number of sulfonamides is 1. The van der Waals surface area contributed by atoms with Crippen LogP contribution >= 0.6 is 11.3 Å². The second kappa shape index (κ2) is 5.13. The van der Waals surface area contributed by atoms with E-state index in [0.717, 1.165) is 23.5 Å². The molecule has 1 aromatic carbocycles.